The van der Waals surface area contributed by atoms with Crippen LogP contribution in [0.15, 0.2) is 50.1 Å². The zero-order valence-corrected chi connectivity index (χ0v) is 17.6. The number of aliphatic hydroxyl groups excluding tert-OH is 1. The van der Waals surface area contributed by atoms with Crippen LogP contribution >= 0.6 is 0 Å². The van der Waals surface area contributed by atoms with Gasteiger partial charge in [-0.15, -0.1) is 0 Å². The van der Waals surface area contributed by atoms with Gasteiger partial charge in [0.15, 0.2) is 0 Å². The summed E-state index contributed by atoms with van der Waals surface area (Å²) in [6.45, 7) is 19.1. The van der Waals surface area contributed by atoms with Crippen LogP contribution in [0.2, 0.25) is 0 Å². The van der Waals surface area contributed by atoms with Crippen LogP contribution in [0, 0.1) is 11.3 Å². The lowest BCUT2D eigenvalue weighted by molar-refractivity contribution is -0.140. The molecule has 0 aromatic carbocycles. The monoisotopic (exact) mass is 411 g/mol. The third-order valence-corrected chi connectivity index (χ3v) is 2.13. The van der Waals surface area contributed by atoms with E-state index >= 15 is 0 Å². The van der Waals surface area contributed by atoms with Crippen LogP contribution in [0.25, 0.3) is 0 Å². The number of nitriles is 1. The fourth-order valence-electron chi connectivity index (χ4n) is 0.839. The lowest BCUT2D eigenvalue weighted by Crippen LogP contribution is -2.08. The molecule has 0 aliphatic heterocycles. The highest BCUT2D eigenvalue weighted by atomic mass is 16.5. The van der Waals surface area contributed by atoms with E-state index in [0.29, 0.717) is 18.8 Å². The number of hydrogen-bond acceptors (Lipinski definition) is 8. The lowest BCUT2D eigenvalue weighted by Gasteiger charge is -1.99. The van der Waals surface area contributed by atoms with E-state index in [-0.39, 0.29) is 25.2 Å². The van der Waals surface area contributed by atoms with Gasteiger partial charge in [0.05, 0.1) is 25.9 Å². The predicted molar refractivity (Wildman–Crippen MR) is 112 cm³/mol. The van der Waals surface area contributed by atoms with Gasteiger partial charge in [0, 0.05) is 23.8 Å². The Hall–Kier alpha value is -3.18. The standard InChI is InChI=1S/C7H12O2.C6H10O3.C5H8O2.C3H3N/c1-3-5-6-9-7(8)4-2;1-5(2)6(8)9-4-3-7;1-3-5(6)7-4-2;1-2-3-4/h4H,2-3,5-6H2,1H3;7H,1,3-4H2,2H3;3H,1,4H2,2H3;2H,1H2. The molecule has 0 bridgehead atoms. The van der Waals surface area contributed by atoms with E-state index in [0.717, 1.165) is 18.9 Å². The molecule has 0 saturated carbocycles. The molecule has 8 nitrogen and oxygen atoms in total. The van der Waals surface area contributed by atoms with Gasteiger partial charge in [0.2, 0.25) is 0 Å². The molecule has 0 aromatic rings. The molecule has 0 aliphatic rings. The number of carbonyl (C=O) groups excluding carboxylic acids is 3. The molecule has 0 spiro atoms. The van der Waals surface area contributed by atoms with Gasteiger partial charge in [0.25, 0.3) is 0 Å². The molecule has 0 aliphatic carbocycles. The van der Waals surface area contributed by atoms with E-state index in [1.807, 2.05) is 6.92 Å². The first-order valence-electron chi connectivity index (χ1n) is 8.74. The van der Waals surface area contributed by atoms with Crippen LogP contribution in [-0.4, -0.2) is 49.4 Å². The summed E-state index contributed by atoms with van der Waals surface area (Å²) in [6, 6.07) is 1.69. The van der Waals surface area contributed by atoms with E-state index in [1.165, 1.54) is 12.2 Å². The van der Waals surface area contributed by atoms with Crippen molar-refractivity contribution in [3.8, 4) is 6.07 Å². The Kier molecular flexibility index (Phi) is 34.1. The summed E-state index contributed by atoms with van der Waals surface area (Å²) in [4.78, 5) is 30.9. The lowest BCUT2D eigenvalue weighted by atomic mass is 10.4. The summed E-state index contributed by atoms with van der Waals surface area (Å²) in [5, 5.41) is 15.7. The van der Waals surface area contributed by atoms with Crippen molar-refractivity contribution in [1.82, 2.24) is 0 Å². The molecule has 0 radical (unpaired) electrons. The largest absolute Gasteiger partial charge is 0.463 e. The smallest absolute Gasteiger partial charge is 0.333 e. The highest BCUT2D eigenvalue weighted by Gasteiger charge is 1.99. The van der Waals surface area contributed by atoms with Crippen LogP contribution in [-0.2, 0) is 28.6 Å². The third-order valence-electron chi connectivity index (χ3n) is 2.13. The van der Waals surface area contributed by atoms with E-state index in [1.54, 1.807) is 19.9 Å². The quantitative estimate of drug-likeness (QED) is 0.202. The first kappa shape index (κ1) is 33.4. The molecule has 0 saturated heterocycles. The van der Waals surface area contributed by atoms with Gasteiger partial charge in [-0.2, -0.15) is 5.26 Å². The van der Waals surface area contributed by atoms with Crippen LogP contribution in [0.1, 0.15) is 33.6 Å². The maximum Gasteiger partial charge on any atom is 0.333 e. The molecule has 0 aromatic heterocycles. The van der Waals surface area contributed by atoms with Gasteiger partial charge in [-0.25, -0.2) is 14.4 Å². The zero-order chi connectivity index (χ0) is 23.5. The number of rotatable bonds is 9. The van der Waals surface area contributed by atoms with Crippen LogP contribution in [0.5, 0.6) is 0 Å². The maximum atomic E-state index is 10.5. The van der Waals surface area contributed by atoms with E-state index in [9.17, 15) is 14.4 Å². The second-order valence-corrected chi connectivity index (χ2v) is 4.65. The maximum absolute atomic E-state index is 10.5. The minimum absolute atomic E-state index is 0.0473. The molecule has 29 heavy (non-hydrogen) atoms. The molecule has 0 fully saturated rings. The van der Waals surface area contributed by atoms with E-state index in [2.05, 4.69) is 40.5 Å². The number of allylic oxidation sites excluding steroid dienone is 1. The Morgan fingerprint density at radius 3 is 1.76 bits per heavy atom. The summed E-state index contributed by atoms with van der Waals surface area (Å²) in [6.07, 6.45) is 5.48. The number of esters is 3. The summed E-state index contributed by atoms with van der Waals surface area (Å²) in [7, 11) is 0. The summed E-state index contributed by atoms with van der Waals surface area (Å²) >= 11 is 0. The SMILES string of the molecule is C=C(C)C(=O)OCCO.C=CC#N.C=CC(=O)OCC.C=CC(=O)OCCCC. The number of nitrogens with zero attached hydrogens (tertiary/aromatic N) is 1. The average Bonchev–Trinajstić information content (AvgIpc) is 2.73. The molecule has 0 atom stereocenters. The third kappa shape index (κ3) is 40.7. The Morgan fingerprint density at radius 1 is 1.00 bits per heavy atom. The van der Waals surface area contributed by atoms with Crippen molar-refractivity contribution in [3.63, 3.8) is 0 Å². The number of aliphatic hydroxyl groups is 1. The molecular formula is C21H33NO7. The highest BCUT2D eigenvalue weighted by molar-refractivity contribution is 5.86. The average molecular weight is 411 g/mol. The minimum Gasteiger partial charge on any atom is -0.463 e. The fraction of sp³-hybridized carbons (Fsp3) is 0.429. The van der Waals surface area contributed by atoms with Gasteiger partial charge >= 0.3 is 17.9 Å². The van der Waals surface area contributed by atoms with Crippen LogP contribution < -0.4 is 0 Å². The normalized spacial score (nSPS) is 7.69. The number of hydrogen-bond donors (Lipinski definition) is 1. The molecule has 0 amide bonds. The first-order valence-corrected chi connectivity index (χ1v) is 8.74. The second kappa shape index (κ2) is 29.6. The number of unbranched alkanes of at least 4 members (excludes halogenated alkanes) is 1. The molecule has 0 heterocycles. The van der Waals surface area contributed by atoms with Crippen molar-refractivity contribution in [3.05, 3.63) is 50.1 Å². The van der Waals surface area contributed by atoms with Gasteiger partial charge in [-0.3, -0.25) is 0 Å². The fourth-order valence-corrected chi connectivity index (χ4v) is 0.839. The Labute approximate surface area is 173 Å². The van der Waals surface area contributed by atoms with Crippen molar-refractivity contribution >= 4 is 17.9 Å². The highest BCUT2D eigenvalue weighted by Crippen LogP contribution is 1.90. The molecule has 8 heteroatoms. The zero-order valence-electron chi connectivity index (χ0n) is 17.6. The van der Waals surface area contributed by atoms with Gasteiger partial charge in [-0.1, -0.05) is 39.7 Å². The molecule has 1 N–H and O–H groups in total. The molecule has 0 unspecified atom stereocenters. The number of carbonyl (C=O) groups is 3. The van der Waals surface area contributed by atoms with E-state index < -0.39 is 5.97 Å². The van der Waals surface area contributed by atoms with Crippen molar-refractivity contribution in [2.24, 2.45) is 0 Å². The van der Waals surface area contributed by atoms with E-state index in [4.69, 9.17) is 10.4 Å². The molecule has 164 valence electrons. The van der Waals surface area contributed by atoms with Crippen molar-refractivity contribution < 1.29 is 33.7 Å². The Balaban J connectivity index is -0.000000149. The first-order chi connectivity index (χ1) is 13.7. The minimum atomic E-state index is -0.455. The van der Waals surface area contributed by atoms with Crippen LogP contribution in [0.3, 0.4) is 0 Å². The number of ether oxygens (including phenoxy) is 3. The van der Waals surface area contributed by atoms with Crippen molar-refractivity contribution in [1.29, 1.82) is 5.26 Å². The predicted octanol–water partition coefficient (Wildman–Crippen LogP) is 3.05. The Bertz CT molecular complexity index is 532. The van der Waals surface area contributed by atoms with Crippen LogP contribution in [0.4, 0.5) is 0 Å². The Morgan fingerprint density at radius 2 is 1.48 bits per heavy atom. The summed E-state index contributed by atoms with van der Waals surface area (Å²) < 4.78 is 13.6. The topological polar surface area (TPSA) is 123 Å². The summed E-state index contributed by atoms with van der Waals surface area (Å²) in [5.41, 5.74) is 0.350. The molecule has 0 rings (SSSR count). The molecular weight excluding hydrogens is 378 g/mol. The van der Waals surface area contributed by atoms with Gasteiger partial charge in [0.1, 0.15) is 6.61 Å². The van der Waals surface area contributed by atoms with Gasteiger partial charge in [-0.05, 0) is 20.3 Å². The van der Waals surface area contributed by atoms with Gasteiger partial charge < -0.3 is 19.3 Å². The van der Waals surface area contributed by atoms with Crippen molar-refractivity contribution in [2.75, 3.05) is 26.4 Å². The second-order valence-electron chi connectivity index (χ2n) is 4.65. The van der Waals surface area contributed by atoms with Crippen molar-refractivity contribution in [2.45, 2.75) is 33.6 Å². The summed E-state index contributed by atoms with van der Waals surface area (Å²) in [5.74, 6) is -1.14.